The number of nitrogens with zero attached hydrogens (tertiary/aromatic N) is 1. The van der Waals surface area contributed by atoms with Crippen LogP contribution in [-0.2, 0) is 11.2 Å². The lowest BCUT2D eigenvalue weighted by atomic mass is 9.86. The van der Waals surface area contributed by atoms with Gasteiger partial charge in [0.2, 0.25) is 5.91 Å². The first-order chi connectivity index (χ1) is 10.2. The summed E-state index contributed by atoms with van der Waals surface area (Å²) in [6.07, 6.45) is 6.21. The van der Waals surface area contributed by atoms with Crippen molar-refractivity contribution in [3.05, 3.63) is 29.3 Å². The first kappa shape index (κ1) is 14.5. The molecule has 2 atom stereocenters. The van der Waals surface area contributed by atoms with Crippen molar-refractivity contribution in [1.29, 1.82) is 0 Å². The standard InChI is InChI=1S/C17H22N2OS/c1-12-6-2-3-7-13(12)18-16(20)10-11-17-19-14-8-4-5-9-15(14)21-17/h4-5,8-9,12-13H,2-3,6-7,10-11H2,1H3,(H,18,20)/t12-,13-/m1/s1. The fourth-order valence-corrected chi connectivity index (χ4v) is 4.02. The predicted octanol–water partition coefficient (Wildman–Crippen LogP) is 3.92. The van der Waals surface area contributed by atoms with Crippen LogP contribution in [0.1, 0.15) is 44.0 Å². The van der Waals surface area contributed by atoms with E-state index in [1.54, 1.807) is 11.3 Å². The van der Waals surface area contributed by atoms with Crippen molar-refractivity contribution in [3.8, 4) is 0 Å². The Labute approximate surface area is 129 Å². The Kier molecular flexibility index (Phi) is 4.54. The van der Waals surface area contributed by atoms with E-state index in [0.29, 0.717) is 18.4 Å². The number of hydrogen-bond donors (Lipinski definition) is 1. The number of rotatable bonds is 4. The van der Waals surface area contributed by atoms with Crippen LogP contribution in [-0.4, -0.2) is 16.9 Å². The maximum Gasteiger partial charge on any atom is 0.220 e. The van der Waals surface area contributed by atoms with Gasteiger partial charge >= 0.3 is 0 Å². The molecule has 21 heavy (non-hydrogen) atoms. The molecule has 0 aliphatic heterocycles. The number of amides is 1. The molecule has 1 N–H and O–H groups in total. The van der Waals surface area contributed by atoms with Gasteiger partial charge in [0.15, 0.2) is 0 Å². The fraction of sp³-hybridized carbons (Fsp3) is 0.529. The van der Waals surface area contributed by atoms with E-state index in [1.807, 2.05) is 18.2 Å². The average molecular weight is 302 g/mol. The number of fused-ring (bicyclic) bond motifs is 1. The van der Waals surface area contributed by atoms with Crippen molar-refractivity contribution in [2.75, 3.05) is 0 Å². The number of benzene rings is 1. The summed E-state index contributed by atoms with van der Waals surface area (Å²) in [4.78, 5) is 16.7. The van der Waals surface area contributed by atoms with Crippen molar-refractivity contribution in [2.24, 2.45) is 5.92 Å². The highest BCUT2D eigenvalue weighted by Crippen LogP contribution is 2.24. The van der Waals surface area contributed by atoms with Gasteiger partial charge in [-0.3, -0.25) is 4.79 Å². The van der Waals surface area contributed by atoms with E-state index in [9.17, 15) is 4.79 Å². The van der Waals surface area contributed by atoms with Gasteiger partial charge in [-0.25, -0.2) is 4.98 Å². The second-order valence-corrected chi connectivity index (χ2v) is 7.13. The van der Waals surface area contributed by atoms with E-state index < -0.39 is 0 Å². The van der Waals surface area contributed by atoms with Crippen molar-refractivity contribution in [2.45, 2.75) is 51.5 Å². The van der Waals surface area contributed by atoms with Gasteiger partial charge in [0.05, 0.1) is 15.2 Å². The van der Waals surface area contributed by atoms with Crippen molar-refractivity contribution < 1.29 is 4.79 Å². The highest BCUT2D eigenvalue weighted by Gasteiger charge is 2.22. The van der Waals surface area contributed by atoms with E-state index in [1.165, 1.54) is 24.0 Å². The Morgan fingerprint density at radius 2 is 2.14 bits per heavy atom. The third kappa shape index (κ3) is 3.62. The van der Waals surface area contributed by atoms with Crippen molar-refractivity contribution in [1.82, 2.24) is 10.3 Å². The molecule has 1 heterocycles. The Hall–Kier alpha value is -1.42. The van der Waals surface area contributed by atoms with Crippen LogP contribution >= 0.6 is 11.3 Å². The molecule has 1 amide bonds. The number of carbonyl (C=O) groups is 1. The highest BCUT2D eigenvalue weighted by molar-refractivity contribution is 7.18. The molecule has 3 rings (SSSR count). The SMILES string of the molecule is C[C@@H]1CCCC[C@H]1NC(=O)CCc1nc2ccccc2s1. The molecule has 1 aliphatic carbocycles. The number of aryl methyl sites for hydroxylation is 1. The number of aromatic nitrogens is 1. The Balaban J connectivity index is 1.53. The van der Waals surface area contributed by atoms with E-state index in [2.05, 4.69) is 23.3 Å². The minimum Gasteiger partial charge on any atom is -0.353 e. The Bertz CT molecular complexity index is 589. The predicted molar refractivity (Wildman–Crippen MR) is 87.5 cm³/mol. The zero-order valence-corrected chi connectivity index (χ0v) is 13.3. The number of nitrogens with one attached hydrogen (secondary N) is 1. The van der Waals surface area contributed by atoms with Crippen molar-refractivity contribution >= 4 is 27.5 Å². The molecule has 4 heteroatoms. The van der Waals surface area contributed by atoms with Gasteiger partial charge in [0.25, 0.3) is 0 Å². The maximum atomic E-state index is 12.1. The van der Waals surface area contributed by atoms with Crippen LogP contribution in [0.5, 0.6) is 0 Å². The normalized spacial score (nSPS) is 22.3. The summed E-state index contributed by atoms with van der Waals surface area (Å²) in [6, 6.07) is 8.52. The van der Waals surface area contributed by atoms with E-state index in [-0.39, 0.29) is 5.91 Å². The average Bonchev–Trinajstić information content (AvgIpc) is 2.90. The lowest BCUT2D eigenvalue weighted by Gasteiger charge is -2.29. The van der Waals surface area contributed by atoms with Gasteiger partial charge in [-0.2, -0.15) is 0 Å². The van der Waals surface area contributed by atoms with Gasteiger partial charge < -0.3 is 5.32 Å². The van der Waals surface area contributed by atoms with Crippen LogP contribution in [0.25, 0.3) is 10.2 Å². The smallest absolute Gasteiger partial charge is 0.220 e. The molecular formula is C17H22N2OS. The first-order valence-electron chi connectivity index (χ1n) is 7.86. The van der Waals surface area contributed by atoms with Crippen molar-refractivity contribution in [3.63, 3.8) is 0 Å². The van der Waals surface area contributed by atoms with Gasteiger partial charge in [0.1, 0.15) is 0 Å². The molecule has 1 saturated carbocycles. The summed E-state index contributed by atoms with van der Waals surface area (Å²) in [5.41, 5.74) is 1.04. The van der Waals surface area contributed by atoms with Crippen LogP contribution < -0.4 is 5.32 Å². The van der Waals surface area contributed by atoms with Gasteiger partial charge in [-0.1, -0.05) is 31.9 Å². The van der Waals surface area contributed by atoms with Gasteiger partial charge in [0, 0.05) is 18.9 Å². The summed E-state index contributed by atoms with van der Waals surface area (Å²) in [5, 5.41) is 4.27. The molecule has 0 saturated heterocycles. The van der Waals surface area contributed by atoms with Gasteiger partial charge in [-0.05, 0) is 30.9 Å². The van der Waals surface area contributed by atoms with E-state index in [0.717, 1.165) is 23.4 Å². The molecule has 112 valence electrons. The fourth-order valence-electron chi connectivity index (χ4n) is 3.06. The second-order valence-electron chi connectivity index (χ2n) is 6.01. The molecule has 1 aromatic carbocycles. The molecule has 1 aromatic heterocycles. The third-order valence-corrected chi connectivity index (χ3v) is 5.46. The lowest BCUT2D eigenvalue weighted by molar-refractivity contribution is -0.122. The minimum absolute atomic E-state index is 0.174. The quantitative estimate of drug-likeness (QED) is 0.930. The van der Waals surface area contributed by atoms with Crippen LogP contribution in [0.15, 0.2) is 24.3 Å². The molecule has 0 spiro atoms. The lowest BCUT2D eigenvalue weighted by Crippen LogP contribution is -2.41. The van der Waals surface area contributed by atoms with E-state index >= 15 is 0 Å². The minimum atomic E-state index is 0.174. The highest BCUT2D eigenvalue weighted by atomic mass is 32.1. The molecule has 2 aromatic rings. The van der Waals surface area contributed by atoms with E-state index in [4.69, 9.17) is 0 Å². The third-order valence-electron chi connectivity index (χ3n) is 4.36. The van der Waals surface area contributed by atoms with Crippen LogP contribution in [0.4, 0.5) is 0 Å². The molecule has 3 nitrogen and oxygen atoms in total. The Morgan fingerprint density at radius 3 is 2.95 bits per heavy atom. The Morgan fingerprint density at radius 1 is 1.33 bits per heavy atom. The summed E-state index contributed by atoms with van der Waals surface area (Å²) in [6.45, 7) is 2.25. The second kappa shape index (κ2) is 6.56. The topological polar surface area (TPSA) is 42.0 Å². The van der Waals surface area contributed by atoms with Crippen LogP contribution in [0, 0.1) is 5.92 Å². The summed E-state index contributed by atoms with van der Waals surface area (Å²) in [7, 11) is 0. The summed E-state index contributed by atoms with van der Waals surface area (Å²) >= 11 is 1.69. The molecule has 0 bridgehead atoms. The monoisotopic (exact) mass is 302 g/mol. The number of thiazole rings is 1. The zero-order valence-electron chi connectivity index (χ0n) is 12.5. The molecule has 1 aliphatic rings. The molecule has 0 unspecified atom stereocenters. The first-order valence-corrected chi connectivity index (χ1v) is 8.68. The van der Waals surface area contributed by atoms with Gasteiger partial charge in [-0.15, -0.1) is 11.3 Å². The van der Waals surface area contributed by atoms with Crippen LogP contribution in [0.2, 0.25) is 0 Å². The molecule has 0 radical (unpaired) electrons. The summed E-state index contributed by atoms with van der Waals surface area (Å²) < 4.78 is 1.20. The van der Waals surface area contributed by atoms with Crippen LogP contribution in [0.3, 0.4) is 0 Å². The number of carbonyl (C=O) groups excluding carboxylic acids is 1. The molecule has 1 fully saturated rings. The number of hydrogen-bond acceptors (Lipinski definition) is 3. The number of para-hydroxylation sites is 1. The zero-order chi connectivity index (χ0) is 14.7. The molecular weight excluding hydrogens is 280 g/mol. The summed E-state index contributed by atoms with van der Waals surface area (Å²) in [5.74, 6) is 0.790. The maximum absolute atomic E-state index is 12.1. The largest absolute Gasteiger partial charge is 0.353 e.